The molecule has 3 rings (SSSR count). The molecule has 2 aromatic rings. The van der Waals surface area contributed by atoms with Crippen molar-refractivity contribution in [2.24, 2.45) is 5.92 Å². The molecule has 0 aliphatic carbocycles. The lowest BCUT2D eigenvalue weighted by Crippen LogP contribution is -2.27. The largest absolute Gasteiger partial charge is 0.489 e. The van der Waals surface area contributed by atoms with Gasteiger partial charge in [-0.2, -0.15) is 0 Å². The molecule has 0 saturated carbocycles. The summed E-state index contributed by atoms with van der Waals surface area (Å²) in [6.45, 7) is 2.50. The van der Waals surface area contributed by atoms with Crippen molar-refractivity contribution in [2.45, 2.75) is 51.6 Å². The number of amides is 1. The van der Waals surface area contributed by atoms with E-state index >= 15 is 0 Å². The normalized spacial score (nSPS) is 14.3. The van der Waals surface area contributed by atoms with Gasteiger partial charge in [0.1, 0.15) is 18.1 Å². The molecule has 30 heavy (non-hydrogen) atoms. The van der Waals surface area contributed by atoms with Gasteiger partial charge in [-0.1, -0.05) is 55.7 Å². The molecule has 5 nitrogen and oxygen atoms in total. The maximum Gasteiger partial charge on any atom is 0.222 e. The van der Waals surface area contributed by atoms with Crippen LogP contribution in [0, 0.1) is 5.92 Å². The third-order valence-corrected chi connectivity index (χ3v) is 5.42. The van der Waals surface area contributed by atoms with Crippen LogP contribution in [0.2, 0.25) is 0 Å². The minimum Gasteiger partial charge on any atom is -0.489 e. The SMILES string of the molecule is O=C(CCCCCC1CCOCC1)NCOc1cccc(OCc2ccccc2)c1. The zero-order valence-corrected chi connectivity index (χ0v) is 17.7. The van der Waals surface area contributed by atoms with Crippen molar-refractivity contribution in [2.75, 3.05) is 19.9 Å². The lowest BCUT2D eigenvalue weighted by molar-refractivity contribution is -0.122. The first kappa shape index (κ1) is 22.2. The van der Waals surface area contributed by atoms with E-state index in [1.165, 1.54) is 25.7 Å². The van der Waals surface area contributed by atoms with E-state index < -0.39 is 0 Å². The average molecular weight is 412 g/mol. The molecule has 1 heterocycles. The molecule has 0 unspecified atom stereocenters. The van der Waals surface area contributed by atoms with Crippen LogP contribution < -0.4 is 14.8 Å². The van der Waals surface area contributed by atoms with Crippen molar-refractivity contribution >= 4 is 5.91 Å². The second-order valence-electron chi connectivity index (χ2n) is 7.79. The highest BCUT2D eigenvalue weighted by atomic mass is 16.5. The highest BCUT2D eigenvalue weighted by Gasteiger charge is 2.13. The Morgan fingerprint density at radius 1 is 0.933 bits per heavy atom. The van der Waals surface area contributed by atoms with Gasteiger partial charge in [0.05, 0.1) is 0 Å². The third kappa shape index (κ3) is 8.46. The Labute approximate surface area is 179 Å². The minimum absolute atomic E-state index is 0.0394. The van der Waals surface area contributed by atoms with E-state index in [9.17, 15) is 4.79 Å². The molecule has 0 aromatic heterocycles. The zero-order valence-electron chi connectivity index (χ0n) is 17.7. The lowest BCUT2D eigenvalue weighted by atomic mass is 9.93. The van der Waals surface area contributed by atoms with Gasteiger partial charge in [-0.05, 0) is 42.9 Å². The summed E-state index contributed by atoms with van der Waals surface area (Å²) in [5.41, 5.74) is 1.11. The molecule has 1 amide bonds. The third-order valence-electron chi connectivity index (χ3n) is 5.42. The summed E-state index contributed by atoms with van der Waals surface area (Å²) >= 11 is 0. The van der Waals surface area contributed by atoms with Gasteiger partial charge in [0, 0.05) is 25.7 Å². The first-order valence-corrected chi connectivity index (χ1v) is 11.0. The molecule has 162 valence electrons. The Kier molecular flexibility index (Phi) is 9.54. The van der Waals surface area contributed by atoms with Gasteiger partial charge >= 0.3 is 0 Å². The molecule has 2 aromatic carbocycles. The van der Waals surface area contributed by atoms with Gasteiger partial charge in [0.2, 0.25) is 5.91 Å². The van der Waals surface area contributed by atoms with Gasteiger partial charge in [-0.15, -0.1) is 0 Å². The van der Waals surface area contributed by atoms with Crippen LogP contribution in [0.3, 0.4) is 0 Å². The Morgan fingerprint density at radius 3 is 2.50 bits per heavy atom. The maximum atomic E-state index is 12.0. The Hall–Kier alpha value is -2.53. The van der Waals surface area contributed by atoms with Crippen LogP contribution in [0.15, 0.2) is 54.6 Å². The van der Waals surface area contributed by atoms with Crippen LogP contribution in [0.5, 0.6) is 11.5 Å². The number of ether oxygens (including phenoxy) is 3. The van der Waals surface area contributed by atoms with Gasteiger partial charge in [-0.25, -0.2) is 0 Å². The molecule has 1 aliphatic rings. The van der Waals surface area contributed by atoms with E-state index in [1.54, 1.807) is 0 Å². The van der Waals surface area contributed by atoms with Crippen molar-refractivity contribution in [1.82, 2.24) is 5.32 Å². The summed E-state index contributed by atoms with van der Waals surface area (Å²) in [4.78, 5) is 12.0. The summed E-state index contributed by atoms with van der Waals surface area (Å²) in [6.07, 6.45) is 7.43. The van der Waals surface area contributed by atoms with E-state index in [-0.39, 0.29) is 12.6 Å². The molecule has 1 N–H and O–H groups in total. The van der Waals surface area contributed by atoms with E-state index in [2.05, 4.69) is 5.32 Å². The minimum atomic E-state index is 0.0394. The fraction of sp³-hybridized carbons (Fsp3) is 0.480. The van der Waals surface area contributed by atoms with Crippen molar-refractivity contribution in [3.05, 3.63) is 60.2 Å². The molecular weight excluding hydrogens is 378 g/mol. The number of rotatable bonds is 12. The van der Waals surface area contributed by atoms with Crippen molar-refractivity contribution in [1.29, 1.82) is 0 Å². The van der Waals surface area contributed by atoms with E-state index in [1.807, 2.05) is 54.6 Å². The number of benzene rings is 2. The summed E-state index contributed by atoms with van der Waals surface area (Å²) < 4.78 is 16.9. The number of carbonyl (C=O) groups is 1. The average Bonchev–Trinajstić information content (AvgIpc) is 2.79. The first-order valence-electron chi connectivity index (χ1n) is 11.0. The fourth-order valence-electron chi connectivity index (χ4n) is 3.61. The molecule has 5 heteroatoms. The molecule has 1 saturated heterocycles. The molecule has 0 bridgehead atoms. The van der Waals surface area contributed by atoms with Crippen LogP contribution in [0.4, 0.5) is 0 Å². The summed E-state index contributed by atoms with van der Waals surface area (Å²) in [5.74, 6) is 2.27. The standard InChI is InChI=1S/C25H33NO4/c27-25(13-6-2-3-8-21-14-16-28-17-15-21)26-20-30-24-12-7-11-23(18-24)29-19-22-9-4-1-5-10-22/h1,4-5,7,9-12,18,21H,2-3,6,8,13-17,19-20H2,(H,26,27). The predicted octanol–water partition coefficient (Wildman–Crippen LogP) is 5.10. The molecule has 0 spiro atoms. The number of hydrogen-bond donors (Lipinski definition) is 1. The molecular formula is C25H33NO4. The highest BCUT2D eigenvalue weighted by Crippen LogP contribution is 2.22. The summed E-state index contributed by atoms with van der Waals surface area (Å²) in [7, 11) is 0. The summed E-state index contributed by atoms with van der Waals surface area (Å²) in [5, 5.41) is 2.83. The lowest BCUT2D eigenvalue weighted by Gasteiger charge is -2.21. The van der Waals surface area contributed by atoms with Crippen LogP contribution >= 0.6 is 0 Å². The van der Waals surface area contributed by atoms with Gasteiger partial charge in [-0.3, -0.25) is 4.79 Å². The second-order valence-corrected chi connectivity index (χ2v) is 7.79. The highest BCUT2D eigenvalue weighted by molar-refractivity contribution is 5.75. The predicted molar refractivity (Wildman–Crippen MR) is 117 cm³/mol. The molecule has 0 radical (unpaired) electrons. The topological polar surface area (TPSA) is 56.8 Å². The van der Waals surface area contributed by atoms with Crippen LogP contribution in [-0.4, -0.2) is 25.9 Å². The van der Waals surface area contributed by atoms with Crippen molar-refractivity contribution in [3.63, 3.8) is 0 Å². The number of carbonyl (C=O) groups excluding carboxylic acids is 1. The van der Waals surface area contributed by atoms with E-state index in [0.717, 1.165) is 43.3 Å². The van der Waals surface area contributed by atoms with Crippen molar-refractivity contribution < 1.29 is 19.0 Å². The molecule has 1 aliphatic heterocycles. The van der Waals surface area contributed by atoms with Gasteiger partial charge in [0.25, 0.3) is 0 Å². The Bertz CT molecular complexity index is 744. The number of hydrogen-bond acceptors (Lipinski definition) is 4. The van der Waals surface area contributed by atoms with Gasteiger partial charge < -0.3 is 19.5 Å². The maximum absolute atomic E-state index is 12.0. The van der Waals surface area contributed by atoms with Gasteiger partial charge in [0.15, 0.2) is 6.73 Å². The second kappa shape index (κ2) is 12.9. The Morgan fingerprint density at radius 2 is 1.70 bits per heavy atom. The van der Waals surface area contributed by atoms with E-state index in [4.69, 9.17) is 14.2 Å². The smallest absolute Gasteiger partial charge is 0.222 e. The number of unbranched alkanes of at least 4 members (excludes halogenated alkanes) is 2. The number of nitrogens with one attached hydrogen (secondary N) is 1. The van der Waals surface area contributed by atoms with Crippen molar-refractivity contribution in [3.8, 4) is 11.5 Å². The van der Waals surface area contributed by atoms with Crippen LogP contribution in [0.1, 0.15) is 50.5 Å². The fourth-order valence-corrected chi connectivity index (χ4v) is 3.61. The Balaban J connectivity index is 1.25. The first-order chi connectivity index (χ1) is 14.8. The molecule has 1 fully saturated rings. The quantitative estimate of drug-likeness (QED) is 0.390. The van der Waals surface area contributed by atoms with Crippen LogP contribution in [-0.2, 0) is 16.1 Å². The zero-order chi connectivity index (χ0) is 20.9. The monoisotopic (exact) mass is 411 g/mol. The van der Waals surface area contributed by atoms with E-state index in [0.29, 0.717) is 18.8 Å². The summed E-state index contributed by atoms with van der Waals surface area (Å²) in [6, 6.07) is 17.5. The molecule has 0 atom stereocenters. The van der Waals surface area contributed by atoms with Crippen LogP contribution in [0.25, 0.3) is 0 Å².